The van der Waals surface area contributed by atoms with E-state index in [4.69, 9.17) is 18.9 Å². The smallest absolute Gasteiger partial charge is 0.295 e. The first-order chi connectivity index (χ1) is 15.0. The second kappa shape index (κ2) is 9.63. The van der Waals surface area contributed by atoms with E-state index in [1.807, 2.05) is 0 Å². The lowest BCUT2D eigenvalue weighted by Crippen LogP contribution is -2.38. The average Bonchev–Trinajstić information content (AvgIpc) is 3.06. The van der Waals surface area contributed by atoms with Crippen LogP contribution in [-0.4, -0.2) is 63.0 Å². The van der Waals surface area contributed by atoms with E-state index in [0.29, 0.717) is 22.6 Å². The molecular formula is C23H25NO7. The van der Waals surface area contributed by atoms with E-state index in [-0.39, 0.29) is 17.9 Å². The Labute approximate surface area is 180 Å². The highest BCUT2D eigenvalue weighted by molar-refractivity contribution is 6.46. The van der Waals surface area contributed by atoms with Gasteiger partial charge < -0.3 is 29.0 Å². The van der Waals surface area contributed by atoms with Crippen molar-refractivity contribution in [3.8, 4) is 11.5 Å². The van der Waals surface area contributed by atoms with E-state index in [0.717, 1.165) is 0 Å². The number of Topliss-reactive ketones (excluding diaryl/α,β-unsaturated/α-hetero) is 1. The lowest BCUT2D eigenvalue weighted by atomic mass is 9.94. The molecule has 2 aromatic rings. The van der Waals surface area contributed by atoms with Crippen molar-refractivity contribution < 1.29 is 33.6 Å². The minimum absolute atomic E-state index is 0.0248. The number of hydrogen-bond donors (Lipinski definition) is 1. The summed E-state index contributed by atoms with van der Waals surface area (Å²) in [6, 6.07) is 12.7. The summed E-state index contributed by atoms with van der Waals surface area (Å²) in [7, 11) is 5.89. The Morgan fingerprint density at radius 2 is 1.68 bits per heavy atom. The molecular weight excluding hydrogens is 402 g/mol. The van der Waals surface area contributed by atoms with Crippen LogP contribution < -0.4 is 9.47 Å². The van der Waals surface area contributed by atoms with Crippen LogP contribution in [0.3, 0.4) is 0 Å². The molecule has 0 radical (unpaired) electrons. The second-order valence-electron chi connectivity index (χ2n) is 6.83. The maximum absolute atomic E-state index is 13.0. The van der Waals surface area contributed by atoms with Gasteiger partial charge in [0.25, 0.3) is 11.7 Å². The fourth-order valence-corrected chi connectivity index (χ4v) is 3.59. The number of benzene rings is 2. The number of nitrogens with zero attached hydrogens (tertiary/aromatic N) is 1. The number of carbonyl (C=O) groups excluding carboxylic acids is 2. The van der Waals surface area contributed by atoms with Crippen LogP contribution >= 0.6 is 0 Å². The normalized spacial score (nSPS) is 18.0. The third-order valence-electron chi connectivity index (χ3n) is 5.19. The first-order valence-electron chi connectivity index (χ1n) is 9.58. The number of rotatable bonds is 8. The first kappa shape index (κ1) is 22.3. The molecule has 0 unspecified atom stereocenters. The van der Waals surface area contributed by atoms with Gasteiger partial charge in [0.15, 0.2) is 6.29 Å². The quantitative estimate of drug-likeness (QED) is 0.300. The summed E-state index contributed by atoms with van der Waals surface area (Å²) in [6.45, 7) is -0.0248. The van der Waals surface area contributed by atoms with Crippen molar-refractivity contribution in [3.05, 3.63) is 65.2 Å². The second-order valence-corrected chi connectivity index (χ2v) is 6.83. The van der Waals surface area contributed by atoms with Crippen LogP contribution in [0.5, 0.6) is 11.5 Å². The van der Waals surface area contributed by atoms with E-state index in [1.54, 1.807) is 48.5 Å². The number of aliphatic hydroxyl groups is 1. The Balaban J connectivity index is 2.22. The highest BCUT2D eigenvalue weighted by Gasteiger charge is 2.47. The van der Waals surface area contributed by atoms with Gasteiger partial charge in [0.05, 0.1) is 32.4 Å². The molecule has 31 heavy (non-hydrogen) atoms. The number of carbonyl (C=O) groups is 2. The van der Waals surface area contributed by atoms with E-state index < -0.39 is 24.0 Å². The van der Waals surface area contributed by atoms with Crippen molar-refractivity contribution in [2.45, 2.75) is 12.3 Å². The van der Waals surface area contributed by atoms with Crippen molar-refractivity contribution in [2.75, 3.05) is 35.0 Å². The molecule has 1 N–H and O–H groups in total. The molecule has 8 nitrogen and oxygen atoms in total. The van der Waals surface area contributed by atoms with E-state index in [2.05, 4.69) is 0 Å². The molecule has 8 heteroatoms. The number of ketones is 1. The molecule has 0 bridgehead atoms. The summed E-state index contributed by atoms with van der Waals surface area (Å²) < 4.78 is 21.3. The van der Waals surface area contributed by atoms with Crippen molar-refractivity contribution in [1.29, 1.82) is 0 Å². The van der Waals surface area contributed by atoms with Gasteiger partial charge in [-0.2, -0.15) is 0 Å². The van der Waals surface area contributed by atoms with Gasteiger partial charge in [-0.3, -0.25) is 9.59 Å². The maximum atomic E-state index is 13.0. The zero-order chi connectivity index (χ0) is 22.5. The molecule has 2 aromatic carbocycles. The lowest BCUT2D eigenvalue weighted by molar-refractivity contribution is -0.149. The van der Waals surface area contributed by atoms with Gasteiger partial charge in [0.1, 0.15) is 17.3 Å². The van der Waals surface area contributed by atoms with Gasteiger partial charge in [0.2, 0.25) is 0 Å². The number of amides is 1. The molecule has 0 spiro atoms. The fourth-order valence-electron chi connectivity index (χ4n) is 3.59. The molecule has 3 rings (SSSR count). The van der Waals surface area contributed by atoms with Crippen LogP contribution in [0, 0.1) is 0 Å². The largest absolute Gasteiger partial charge is 0.507 e. The summed E-state index contributed by atoms with van der Waals surface area (Å²) in [5, 5.41) is 11.0. The summed E-state index contributed by atoms with van der Waals surface area (Å²) in [4.78, 5) is 27.3. The third kappa shape index (κ3) is 4.26. The molecule has 0 aliphatic carbocycles. The predicted molar refractivity (Wildman–Crippen MR) is 113 cm³/mol. The number of likely N-dealkylation sites (tertiary alicyclic amines) is 1. The Morgan fingerprint density at radius 1 is 1.00 bits per heavy atom. The highest BCUT2D eigenvalue weighted by atomic mass is 16.7. The Morgan fingerprint density at radius 3 is 2.26 bits per heavy atom. The topological polar surface area (TPSA) is 94.5 Å². The van der Waals surface area contributed by atoms with Crippen LogP contribution in [0.4, 0.5) is 0 Å². The van der Waals surface area contributed by atoms with Gasteiger partial charge in [-0.15, -0.1) is 0 Å². The standard InChI is InChI=1S/C23H25NO7/c1-28-15-10-11-16(17(12-15)29-2)20-19(21(25)14-8-6-5-7-9-14)22(26)23(27)24(20)13-18(30-3)31-4/h5-12,18,20,25H,13H2,1-4H3/t20-/m1/s1. The Kier molecular flexibility index (Phi) is 6.94. The summed E-state index contributed by atoms with van der Waals surface area (Å²) in [5.74, 6) is -0.876. The average molecular weight is 427 g/mol. The SMILES string of the molecule is COc1ccc([C@@H]2C(=C(O)c3ccccc3)C(=O)C(=O)N2CC(OC)OC)c(OC)c1. The molecule has 1 heterocycles. The van der Waals surface area contributed by atoms with Gasteiger partial charge in [-0.1, -0.05) is 30.3 Å². The molecule has 0 aromatic heterocycles. The Bertz CT molecular complexity index is 983. The molecule has 1 atom stereocenters. The van der Waals surface area contributed by atoms with Crippen molar-refractivity contribution in [3.63, 3.8) is 0 Å². The summed E-state index contributed by atoms with van der Waals surface area (Å²) in [6.07, 6.45) is -0.762. The van der Waals surface area contributed by atoms with Crippen LogP contribution in [0.15, 0.2) is 54.1 Å². The van der Waals surface area contributed by atoms with Crippen LogP contribution in [0.25, 0.3) is 5.76 Å². The molecule has 1 saturated heterocycles. The zero-order valence-corrected chi connectivity index (χ0v) is 17.8. The number of hydrogen-bond acceptors (Lipinski definition) is 7. The van der Waals surface area contributed by atoms with Gasteiger partial charge >= 0.3 is 0 Å². The fraction of sp³-hybridized carbons (Fsp3) is 0.304. The predicted octanol–water partition coefficient (Wildman–Crippen LogP) is 2.74. The molecule has 1 fully saturated rings. The minimum Gasteiger partial charge on any atom is -0.507 e. The molecule has 1 amide bonds. The number of aliphatic hydroxyl groups excluding tert-OH is 1. The highest BCUT2D eigenvalue weighted by Crippen LogP contribution is 2.43. The van der Waals surface area contributed by atoms with Crippen LogP contribution in [0.1, 0.15) is 17.2 Å². The number of methoxy groups -OCH3 is 4. The van der Waals surface area contributed by atoms with Crippen molar-refractivity contribution >= 4 is 17.4 Å². The third-order valence-corrected chi connectivity index (χ3v) is 5.19. The summed E-state index contributed by atoms with van der Waals surface area (Å²) in [5.41, 5.74) is 0.907. The summed E-state index contributed by atoms with van der Waals surface area (Å²) >= 11 is 0. The van der Waals surface area contributed by atoms with Gasteiger partial charge in [0, 0.05) is 31.4 Å². The maximum Gasteiger partial charge on any atom is 0.295 e. The van der Waals surface area contributed by atoms with Crippen LogP contribution in [0.2, 0.25) is 0 Å². The minimum atomic E-state index is -0.908. The monoisotopic (exact) mass is 427 g/mol. The van der Waals surface area contributed by atoms with E-state index >= 15 is 0 Å². The number of ether oxygens (including phenoxy) is 4. The van der Waals surface area contributed by atoms with Crippen LogP contribution in [-0.2, 0) is 19.1 Å². The van der Waals surface area contributed by atoms with E-state index in [1.165, 1.54) is 33.3 Å². The molecule has 1 aliphatic heterocycles. The molecule has 1 aliphatic rings. The zero-order valence-electron chi connectivity index (χ0n) is 17.8. The van der Waals surface area contributed by atoms with E-state index in [9.17, 15) is 14.7 Å². The van der Waals surface area contributed by atoms with Crippen molar-refractivity contribution in [1.82, 2.24) is 4.90 Å². The Hall–Kier alpha value is -3.36. The molecule has 164 valence electrons. The molecule has 0 saturated carbocycles. The lowest BCUT2D eigenvalue weighted by Gasteiger charge is -2.29. The van der Waals surface area contributed by atoms with Crippen molar-refractivity contribution in [2.24, 2.45) is 0 Å². The van der Waals surface area contributed by atoms with Gasteiger partial charge in [-0.05, 0) is 12.1 Å². The first-order valence-corrected chi connectivity index (χ1v) is 9.58. The van der Waals surface area contributed by atoms with Gasteiger partial charge in [-0.25, -0.2) is 0 Å².